The first kappa shape index (κ1) is 19.1. The van der Waals surface area contributed by atoms with Gasteiger partial charge in [-0.25, -0.2) is 4.68 Å². The predicted octanol–water partition coefficient (Wildman–Crippen LogP) is 3.56. The highest BCUT2D eigenvalue weighted by molar-refractivity contribution is 7.80. The lowest BCUT2D eigenvalue weighted by molar-refractivity contribution is 0.630. The number of aromatic nitrogens is 2. The number of anilines is 1. The van der Waals surface area contributed by atoms with Gasteiger partial charge in [-0.1, -0.05) is 18.2 Å². The molecule has 8 heteroatoms. The van der Waals surface area contributed by atoms with Gasteiger partial charge in [-0.3, -0.25) is 14.9 Å². The fraction of sp³-hybridized carbons (Fsp3) is 0.211. The molecule has 2 heterocycles. The van der Waals surface area contributed by atoms with E-state index < -0.39 is 0 Å². The molecular formula is C19H21N5OS2. The van der Waals surface area contributed by atoms with Gasteiger partial charge in [0, 0.05) is 11.9 Å². The molecule has 0 saturated carbocycles. The maximum absolute atomic E-state index is 12.9. The summed E-state index contributed by atoms with van der Waals surface area (Å²) in [4.78, 5) is 15.2. The second-order valence-corrected chi connectivity index (χ2v) is 7.81. The molecule has 0 amide bonds. The zero-order valence-corrected chi connectivity index (χ0v) is 17.2. The lowest BCUT2D eigenvalue weighted by Crippen LogP contribution is -2.28. The summed E-state index contributed by atoms with van der Waals surface area (Å²) in [6, 6.07) is 13.6. The zero-order chi connectivity index (χ0) is 19.6. The van der Waals surface area contributed by atoms with E-state index >= 15 is 0 Å². The molecule has 2 N–H and O–H groups in total. The zero-order valence-electron chi connectivity index (χ0n) is 15.6. The van der Waals surface area contributed by atoms with Crippen molar-refractivity contribution >= 4 is 40.1 Å². The smallest absolute Gasteiger partial charge is 0.295 e. The highest BCUT2D eigenvalue weighted by atomic mass is 32.1. The Morgan fingerprint density at radius 3 is 2.48 bits per heavy atom. The van der Waals surface area contributed by atoms with Crippen molar-refractivity contribution < 1.29 is 0 Å². The lowest BCUT2D eigenvalue weighted by atomic mass is 10.3. The van der Waals surface area contributed by atoms with E-state index in [1.807, 2.05) is 57.3 Å². The summed E-state index contributed by atoms with van der Waals surface area (Å²) >= 11 is 6.98. The van der Waals surface area contributed by atoms with E-state index in [0.29, 0.717) is 5.69 Å². The third kappa shape index (κ3) is 4.01. The molecule has 3 aromatic rings. The van der Waals surface area contributed by atoms with Crippen molar-refractivity contribution in [2.45, 2.75) is 20.8 Å². The van der Waals surface area contributed by atoms with Gasteiger partial charge in [-0.2, -0.15) is 5.10 Å². The van der Waals surface area contributed by atoms with Crippen molar-refractivity contribution in [3.8, 4) is 5.69 Å². The molecule has 0 saturated heterocycles. The number of thiocarbonyl (C=S) groups is 1. The van der Waals surface area contributed by atoms with E-state index in [9.17, 15) is 4.79 Å². The molecule has 140 valence electrons. The number of para-hydroxylation sites is 1. The molecule has 0 aliphatic rings. The molecule has 0 radical (unpaired) electrons. The predicted molar refractivity (Wildman–Crippen MR) is 116 cm³/mol. The monoisotopic (exact) mass is 399 g/mol. The number of hydrogen-bond donors (Lipinski definition) is 2. The summed E-state index contributed by atoms with van der Waals surface area (Å²) in [5, 5.41) is 7.56. The van der Waals surface area contributed by atoms with Crippen molar-refractivity contribution in [1.82, 2.24) is 14.8 Å². The fourth-order valence-electron chi connectivity index (χ4n) is 2.67. The first-order chi connectivity index (χ1) is 12.9. The molecule has 2 aromatic heterocycles. The van der Waals surface area contributed by atoms with Gasteiger partial charge >= 0.3 is 0 Å². The molecule has 0 aliphatic carbocycles. The van der Waals surface area contributed by atoms with Crippen molar-refractivity contribution in [2.24, 2.45) is 12.1 Å². The Balaban J connectivity index is 1.80. The first-order valence-electron chi connectivity index (χ1n) is 8.40. The number of nitrogens with one attached hydrogen (secondary N) is 2. The molecule has 0 aliphatic heterocycles. The van der Waals surface area contributed by atoms with Crippen molar-refractivity contribution in [3.05, 3.63) is 68.3 Å². The van der Waals surface area contributed by atoms with Crippen LogP contribution in [0.3, 0.4) is 0 Å². The minimum absolute atomic E-state index is 0.167. The van der Waals surface area contributed by atoms with Gasteiger partial charge in [0.25, 0.3) is 5.56 Å². The molecule has 27 heavy (non-hydrogen) atoms. The highest BCUT2D eigenvalue weighted by Crippen LogP contribution is 2.16. The minimum Gasteiger partial charge on any atom is -0.325 e. The van der Waals surface area contributed by atoms with Crippen LogP contribution in [-0.4, -0.2) is 20.2 Å². The Kier molecular flexibility index (Phi) is 5.57. The molecule has 0 fully saturated rings. The summed E-state index contributed by atoms with van der Waals surface area (Å²) in [7, 11) is 1.84. The molecule has 0 bridgehead atoms. The Bertz CT molecular complexity index is 1060. The molecule has 6 nitrogen and oxygen atoms in total. The van der Waals surface area contributed by atoms with Gasteiger partial charge in [0.05, 0.1) is 22.0 Å². The number of benzene rings is 1. The van der Waals surface area contributed by atoms with Gasteiger partial charge in [-0.15, -0.1) is 11.3 Å². The van der Waals surface area contributed by atoms with Crippen molar-refractivity contribution in [1.29, 1.82) is 0 Å². The Morgan fingerprint density at radius 1 is 1.15 bits per heavy atom. The third-order valence-electron chi connectivity index (χ3n) is 4.21. The van der Waals surface area contributed by atoms with Crippen LogP contribution >= 0.6 is 23.6 Å². The van der Waals surface area contributed by atoms with Crippen LogP contribution < -0.4 is 16.3 Å². The standard InChI is InChI=1S/C19H21N5OS2/c1-12-10-11-16(27-12)13(2)21-22-19(26)20-17-14(3)23(4)24(18(17)25)15-8-6-5-7-9-15/h5-11H,1-4H3,(H2,20,22,26)/b21-13-. The van der Waals surface area contributed by atoms with Crippen molar-refractivity contribution in [3.63, 3.8) is 0 Å². The first-order valence-corrected chi connectivity index (χ1v) is 9.63. The Labute approximate surface area is 167 Å². The second-order valence-electron chi connectivity index (χ2n) is 6.11. The van der Waals surface area contributed by atoms with Gasteiger partial charge in [0.15, 0.2) is 5.11 Å². The number of nitrogens with zero attached hydrogens (tertiary/aromatic N) is 3. The van der Waals surface area contributed by atoms with Crippen molar-refractivity contribution in [2.75, 3.05) is 5.32 Å². The third-order valence-corrected chi connectivity index (χ3v) is 5.52. The van der Waals surface area contributed by atoms with Gasteiger partial charge in [0.1, 0.15) is 5.69 Å². The SMILES string of the molecule is C/C(=N/NC(=S)Nc1c(C)n(C)n(-c2ccccc2)c1=O)c1ccc(C)s1. The number of hydrazone groups is 1. The highest BCUT2D eigenvalue weighted by Gasteiger charge is 2.16. The van der Waals surface area contributed by atoms with Crippen LogP contribution in [0, 0.1) is 13.8 Å². The van der Waals surface area contributed by atoms with Gasteiger partial charge in [-0.05, 0) is 57.3 Å². The van der Waals surface area contributed by atoms with Crippen LogP contribution in [0.25, 0.3) is 5.69 Å². The summed E-state index contributed by atoms with van der Waals surface area (Å²) < 4.78 is 3.40. The molecule has 0 spiro atoms. The van der Waals surface area contributed by atoms with E-state index in [1.165, 1.54) is 4.88 Å². The lowest BCUT2D eigenvalue weighted by Gasteiger charge is -2.07. The largest absolute Gasteiger partial charge is 0.325 e. The molecule has 3 rings (SSSR count). The van der Waals surface area contributed by atoms with Crippen LogP contribution in [-0.2, 0) is 7.05 Å². The van der Waals surface area contributed by atoms with Crippen LogP contribution in [0.15, 0.2) is 52.4 Å². The van der Waals surface area contributed by atoms with E-state index in [0.717, 1.165) is 22.0 Å². The van der Waals surface area contributed by atoms with Crippen LogP contribution in [0.5, 0.6) is 0 Å². The second kappa shape index (κ2) is 7.89. The van der Waals surface area contributed by atoms with E-state index in [-0.39, 0.29) is 10.7 Å². The van der Waals surface area contributed by atoms with Gasteiger partial charge < -0.3 is 5.32 Å². The van der Waals surface area contributed by atoms with E-state index in [2.05, 4.69) is 28.8 Å². The topological polar surface area (TPSA) is 63.4 Å². The molecule has 0 atom stereocenters. The maximum Gasteiger partial charge on any atom is 0.295 e. The van der Waals surface area contributed by atoms with Crippen LogP contribution in [0.4, 0.5) is 5.69 Å². The van der Waals surface area contributed by atoms with E-state index in [4.69, 9.17) is 12.2 Å². The Hall–Kier alpha value is -2.71. The summed E-state index contributed by atoms with van der Waals surface area (Å²) in [5.74, 6) is 0. The minimum atomic E-state index is -0.167. The number of aryl methyl sites for hydroxylation is 1. The summed E-state index contributed by atoms with van der Waals surface area (Å²) in [6.45, 7) is 5.84. The summed E-state index contributed by atoms with van der Waals surface area (Å²) in [5.41, 5.74) is 5.49. The normalized spacial score (nSPS) is 11.5. The van der Waals surface area contributed by atoms with Crippen LogP contribution in [0.2, 0.25) is 0 Å². The summed E-state index contributed by atoms with van der Waals surface area (Å²) in [6.07, 6.45) is 0. The average Bonchev–Trinajstić information content (AvgIpc) is 3.18. The average molecular weight is 400 g/mol. The maximum atomic E-state index is 12.9. The van der Waals surface area contributed by atoms with Gasteiger partial charge in [0.2, 0.25) is 0 Å². The molecule has 0 unspecified atom stereocenters. The fourth-order valence-corrected chi connectivity index (χ4v) is 3.63. The quantitative estimate of drug-likeness (QED) is 0.400. The van der Waals surface area contributed by atoms with E-state index in [1.54, 1.807) is 20.7 Å². The van der Waals surface area contributed by atoms with Crippen LogP contribution in [0.1, 0.15) is 22.4 Å². The number of rotatable bonds is 4. The molecular weight excluding hydrogens is 378 g/mol. The molecule has 1 aromatic carbocycles. The number of hydrogen-bond acceptors (Lipinski definition) is 4. The number of thiophene rings is 1. The Morgan fingerprint density at radius 2 is 1.85 bits per heavy atom.